The van der Waals surface area contributed by atoms with Gasteiger partial charge in [-0.05, 0) is 50.6 Å². The highest BCUT2D eigenvalue weighted by molar-refractivity contribution is 5.95. The number of aromatic nitrogens is 1. The van der Waals surface area contributed by atoms with Gasteiger partial charge in [0.15, 0.2) is 11.5 Å². The van der Waals surface area contributed by atoms with E-state index in [0.717, 1.165) is 12.3 Å². The number of hydrogen-bond acceptors (Lipinski definition) is 5. The molecule has 1 aliphatic heterocycles. The van der Waals surface area contributed by atoms with Crippen molar-refractivity contribution in [3.05, 3.63) is 47.7 Å². The third-order valence-corrected chi connectivity index (χ3v) is 4.97. The third kappa shape index (κ3) is 5.59. The summed E-state index contributed by atoms with van der Waals surface area (Å²) >= 11 is 0. The molecule has 0 radical (unpaired) electrons. The summed E-state index contributed by atoms with van der Waals surface area (Å²) in [4.78, 5) is 20.7. The zero-order valence-electron chi connectivity index (χ0n) is 17.6. The van der Waals surface area contributed by atoms with Crippen molar-refractivity contribution in [3.63, 3.8) is 0 Å². The Labute approximate surface area is 179 Å². The summed E-state index contributed by atoms with van der Waals surface area (Å²) in [5.41, 5.74) is -0.267. The van der Waals surface area contributed by atoms with Crippen LogP contribution in [0.15, 0.2) is 36.5 Å². The van der Waals surface area contributed by atoms with E-state index >= 15 is 0 Å². The van der Waals surface area contributed by atoms with Crippen molar-refractivity contribution in [1.29, 1.82) is 0 Å². The average molecular weight is 437 g/mol. The minimum absolute atomic E-state index is 0.119. The molecule has 0 saturated carbocycles. The SMILES string of the molecule is CCOc1ccc(C(=O)N2CCCN(c3ccc(C(F)(F)F)cn3)CC2)cc1OCC. The second kappa shape index (κ2) is 9.89. The van der Waals surface area contributed by atoms with Gasteiger partial charge >= 0.3 is 6.18 Å². The normalized spacial score (nSPS) is 14.9. The van der Waals surface area contributed by atoms with Crippen molar-refractivity contribution in [2.45, 2.75) is 26.4 Å². The van der Waals surface area contributed by atoms with Gasteiger partial charge in [-0.3, -0.25) is 4.79 Å². The van der Waals surface area contributed by atoms with Crippen molar-refractivity contribution in [2.24, 2.45) is 0 Å². The van der Waals surface area contributed by atoms with E-state index in [1.807, 2.05) is 18.7 Å². The van der Waals surface area contributed by atoms with Gasteiger partial charge in [-0.25, -0.2) is 4.98 Å². The molecule has 0 bridgehead atoms. The molecule has 0 N–H and O–H groups in total. The summed E-state index contributed by atoms with van der Waals surface area (Å²) in [5, 5.41) is 0. The smallest absolute Gasteiger partial charge is 0.417 e. The summed E-state index contributed by atoms with van der Waals surface area (Å²) < 4.78 is 49.4. The number of rotatable bonds is 6. The second-order valence-corrected chi connectivity index (χ2v) is 7.06. The number of carbonyl (C=O) groups is 1. The van der Waals surface area contributed by atoms with Crippen LogP contribution in [0.5, 0.6) is 11.5 Å². The Balaban J connectivity index is 1.69. The summed E-state index contributed by atoms with van der Waals surface area (Å²) in [7, 11) is 0. The monoisotopic (exact) mass is 437 g/mol. The molecule has 1 saturated heterocycles. The molecule has 9 heteroatoms. The highest BCUT2D eigenvalue weighted by Gasteiger charge is 2.31. The van der Waals surface area contributed by atoms with Gasteiger partial charge in [-0.15, -0.1) is 0 Å². The van der Waals surface area contributed by atoms with Crippen LogP contribution >= 0.6 is 0 Å². The molecule has 0 spiro atoms. The van der Waals surface area contributed by atoms with Crippen LogP contribution < -0.4 is 14.4 Å². The van der Waals surface area contributed by atoms with Gasteiger partial charge in [-0.2, -0.15) is 13.2 Å². The van der Waals surface area contributed by atoms with E-state index in [4.69, 9.17) is 9.47 Å². The summed E-state index contributed by atoms with van der Waals surface area (Å²) in [6.07, 6.45) is -2.88. The van der Waals surface area contributed by atoms with Crippen molar-refractivity contribution < 1.29 is 27.4 Å². The van der Waals surface area contributed by atoms with Gasteiger partial charge in [-0.1, -0.05) is 0 Å². The van der Waals surface area contributed by atoms with Crippen molar-refractivity contribution in [2.75, 3.05) is 44.3 Å². The van der Waals surface area contributed by atoms with Crippen LogP contribution in [-0.2, 0) is 6.18 Å². The first-order valence-corrected chi connectivity index (χ1v) is 10.3. The molecule has 3 rings (SSSR count). The molecule has 2 aromatic rings. The summed E-state index contributed by atoms with van der Waals surface area (Å²) in [6.45, 7) is 6.77. The van der Waals surface area contributed by atoms with E-state index in [1.165, 1.54) is 6.07 Å². The van der Waals surface area contributed by atoms with Gasteiger partial charge in [0.05, 0.1) is 18.8 Å². The highest BCUT2D eigenvalue weighted by Crippen LogP contribution is 2.30. The fraction of sp³-hybridized carbons (Fsp3) is 0.455. The number of carbonyl (C=O) groups excluding carboxylic acids is 1. The lowest BCUT2D eigenvalue weighted by Gasteiger charge is -2.23. The maximum absolute atomic E-state index is 13.0. The van der Waals surface area contributed by atoms with Gasteiger partial charge in [0.25, 0.3) is 5.91 Å². The molecule has 0 atom stereocenters. The molecule has 31 heavy (non-hydrogen) atoms. The summed E-state index contributed by atoms with van der Waals surface area (Å²) in [6, 6.07) is 7.55. The first-order valence-electron chi connectivity index (χ1n) is 10.3. The van der Waals surface area contributed by atoms with Gasteiger partial charge < -0.3 is 19.3 Å². The van der Waals surface area contributed by atoms with Crippen LogP contribution in [0.25, 0.3) is 0 Å². The van der Waals surface area contributed by atoms with E-state index < -0.39 is 11.7 Å². The number of pyridine rings is 1. The Morgan fingerprint density at radius 3 is 2.39 bits per heavy atom. The minimum atomic E-state index is -4.41. The van der Waals surface area contributed by atoms with Crippen molar-refractivity contribution >= 4 is 11.7 Å². The van der Waals surface area contributed by atoms with Crippen LogP contribution in [0.4, 0.5) is 19.0 Å². The van der Waals surface area contributed by atoms with Crippen LogP contribution in [0, 0.1) is 0 Å². The molecular formula is C22H26F3N3O3. The number of anilines is 1. The number of alkyl halides is 3. The van der Waals surface area contributed by atoms with E-state index in [-0.39, 0.29) is 5.91 Å². The molecule has 0 aliphatic carbocycles. The largest absolute Gasteiger partial charge is 0.490 e. The average Bonchev–Trinajstić information content (AvgIpc) is 3.00. The zero-order valence-corrected chi connectivity index (χ0v) is 17.6. The predicted molar refractivity (Wildman–Crippen MR) is 111 cm³/mol. The van der Waals surface area contributed by atoms with Gasteiger partial charge in [0, 0.05) is 37.9 Å². The molecule has 2 heterocycles. The molecule has 1 aromatic carbocycles. The maximum Gasteiger partial charge on any atom is 0.417 e. The number of halogens is 3. The number of nitrogens with zero attached hydrogens (tertiary/aromatic N) is 3. The van der Waals surface area contributed by atoms with Gasteiger partial charge in [0.2, 0.25) is 0 Å². The number of amides is 1. The van der Waals surface area contributed by atoms with Crippen LogP contribution in [0.1, 0.15) is 36.2 Å². The van der Waals surface area contributed by atoms with Crippen molar-refractivity contribution in [3.8, 4) is 11.5 Å². The number of ether oxygens (including phenoxy) is 2. The topological polar surface area (TPSA) is 54.9 Å². The Bertz CT molecular complexity index is 888. The second-order valence-electron chi connectivity index (χ2n) is 7.06. The molecule has 0 unspecified atom stereocenters. The quantitative estimate of drug-likeness (QED) is 0.676. The lowest BCUT2D eigenvalue weighted by molar-refractivity contribution is -0.137. The first-order chi connectivity index (χ1) is 14.8. The molecular weight excluding hydrogens is 411 g/mol. The Morgan fingerprint density at radius 1 is 1.00 bits per heavy atom. The lowest BCUT2D eigenvalue weighted by Crippen LogP contribution is -2.35. The fourth-order valence-electron chi connectivity index (χ4n) is 3.46. The number of benzene rings is 1. The van der Waals surface area contributed by atoms with Crippen LogP contribution in [-0.4, -0.2) is 55.2 Å². The molecule has 6 nitrogen and oxygen atoms in total. The predicted octanol–water partition coefficient (Wildman–Crippen LogP) is 4.25. The zero-order chi connectivity index (χ0) is 22.4. The lowest BCUT2D eigenvalue weighted by atomic mass is 10.1. The minimum Gasteiger partial charge on any atom is -0.490 e. The third-order valence-electron chi connectivity index (χ3n) is 4.97. The van der Waals surface area contributed by atoms with E-state index in [0.29, 0.717) is 68.7 Å². The molecule has 1 aliphatic rings. The van der Waals surface area contributed by atoms with Crippen LogP contribution in [0.2, 0.25) is 0 Å². The fourth-order valence-corrected chi connectivity index (χ4v) is 3.46. The molecule has 1 amide bonds. The Hall–Kier alpha value is -2.97. The van der Waals surface area contributed by atoms with E-state index in [1.54, 1.807) is 23.1 Å². The molecule has 1 fully saturated rings. The molecule has 1 aromatic heterocycles. The van der Waals surface area contributed by atoms with Crippen molar-refractivity contribution in [1.82, 2.24) is 9.88 Å². The maximum atomic E-state index is 13.0. The highest BCUT2D eigenvalue weighted by atomic mass is 19.4. The first kappa shape index (κ1) is 22.7. The summed E-state index contributed by atoms with van der Waals surface area (Å²) in [5.74, 6) is 1.48. The van der Waals surface area contributed by atoms with Crippen LogP contribution in [0.3, 0.4) is 0 Å². The standard InChI is InChI=1S/C22H26F3N3O3/c1-3-30-18-8-6-16(14-19(18)31-4-2)21(29)28-11-5-10-27(12-13-28)20-9-7-17(15-26-20)22(23,24)25/h6-9,14-15H,3-5,10-13H2,1-2H3. The number of hydrogen-bond donors (Lipinski definition) is 0. The molecule has 168 valence electrons. The van der Waals surface area contributed by atoms with E-state index in [2.05, 4.69) is 4.98 Å². The Kier molecular flexibility index (Phi) is 7.25. The van der Waals surface area contributed by atoms with Gasteiger partial charge in [0.1, 0.15) is 5.82 Å². The Morgan fingerprint density at radius 2 is 1.74 bits per heavy atom. The van der Waals surface area contributed by atoms with E-state index in [9.17, 15) is 18.0 Å².